The van der Waals surface area contributed by atoms with Crippen molar-refractivity contribution in [2.45, 2.75) is 6.61 Å². The molecule has 2 aromatic rings. The van der Waals surface area contributed by atoms with Gasteiger partial charge in [0.25, 0.3) is 0 Å². The van der Waals surface area contributed by atoms with Crippen molar-refractivity contribution in [1.29, 1.82) is 5.26 Å². The quantitative estimate of drug-likeness (QED) is 0.873. The molecule has 21 heavy (non-hydrogen) atoms. The molecule has 0 radical (unpaired) electrons. The lowest BCUT2D eigenvalue weighted by molar-refractivity contribution is 0.298. The maximum atomic E-state index is 13.6. The van der Waals surface area contributed by atoms with E-state index in [4.69, 9.17) is 15.7 Å². The van der Waals surface area contributed by atoms with Crippen LogP contribution in [0.5, 0.6) is 5.75 Å². The lowest BCUT2D eigenvalue weighted by atomic mass is 10.1. The van der Waals surface area contributed by atoms with Gasteiger partial charge in [0.2, 0.25) is 0 Å². The predicted molar refractivity (Wildman–Crippen MR) is 75.6 cm³/mol. The first kappa shape index (κ1) is 14.5. The van der Waals surface area contributed by atoms with Gasteiger partial charge in [0.15, 0.2) is 0 Å². The smallest absolute Gasteiger partial charge is 0.139 e. The van der Waals surface area contributed by atoms with Gasteiger partial charge in [-0.3, -0.25) is 4.98 Å². The van der Waals surface area contributed by atoms with Gasteiger partial charge >= 0.3 is 0 Å². The van der Waals surface area contributed by atoms with Gasteiger partial charge in [0.05, 0.1) is 24.4 Å². The topological polar surface area (TPSA) is 71.9 Å². The number of nitrogens with zero attached hydrogens (tertiary/aromatic N) is 2. The van der Waals surface area contributed by atoms with Crippen LogP contribution in [0.4, 0.5) is 4.39 Å². The first-order chi connectivity index (χ1) is 10.2. The van der Waals surface area contributed by atoms with Crippen molar-refractivity contribution in [3.63, 3.8) is 0 Å². The summed E-state index contributed by atoms with van der Waals surface area (Å²) in [5, 5.41) is 8.81. The Morgan fingerprint density at radius 2 is 2.10 bits per heavy atom. The molecule has 1 heterocycles. The van der Waals surface area contributed by atoms with Gasteiger partial charge in [-0.15, -0.1) is 0 Å². The molecule has 104 valence electrons. The summed E-state index contributed by atoms with van der Waals surface area (Å²) in [4.78, 5) is 3.99. The second-order valence-electron chi connectivity index (χ2n) is 4.12. The minimum Gasteiger partial charge on any atom is -0.487 e. The van der Waals surface area contributed by atoms with E-state index in [1.54, 1.807) is 12.3 Å². The van der Waals surface area contributed by atoms with Crippen molar-refractivity contribution in [3.8, 4) is 23.7 Å². The van der Waals surface area contributed by atoms with Crippen molar-refractivity contribution < 1.29 is 9.13 Å². The van der Waals surface area contributed by atoms with Gasteiger partial charge in [0.1, 0.15) is 18.2 Å². The minimum atomic E-state index is -0.416. The van der Waals surface area contributed by atoms with E-state index in [9.17, 15) is 4.39 Å². The Morgan fingerprint density at radius 3 is 2.86 bits per heavy atom. The van der Waals surface area contributed by atoms with Crippen LogP contribution in [0.1, 0.15) is 16.7 Å². The van der Waals surface area contributed by atoms with E-state index in [0.717, 1.165) is 0 Å². The number of halogens is 1. The third-order valence-corrected chi connectivity index (χ3v) is 2.62. The van der Waals surface area contributed by atoms with Crippen LogP contribution in [0.2, 0.25) is 0 Å². The SMILES string of the molecule is N#Cc1ccc(F)c(COc2cncc(C#CCN)c2)c1. The molecule has 0 unspecified atom stereocenters. The molecule has 0 aliphatic carbocycles. The van der Waals surface area contributed by atoms with Gasteiger partial charge in [-0.25, -0.2) is 4.39 Å². The number of benzene rings is 1. The molecule has 5 heteroatoms. The third kappa shape index (κ3) is 4.04. The van der Waals surface area contributed by atoms with Crippen molar-refractivity contribution >= 4 is 0 Å². The summed E-state index contributed by atoms with van der Waals surface area (Å²) in [6.07, 6.45) is 3.10. The molecule has 2 N–H and O–H groups in total. The summed E-state index contributed by atoms with van der Waals surface area (Å²) in [6, 6.07) is 7.78. The Labute approximate surface area is 122 Å². The Morgan fingerprint density at radius 1 is 1.24 bits per heavy atom. The van der Waals surface area contributed by atoms with E-state index in [1.807, 2.05) is 6.07 Å². The molecule has 0 fully saturated rings. The normalized spacial score (nSPS) is 9.38. The second-order valence-corrected chi connectivity index (χ2v) is 4.12. The standard InChI is InChI=1S/C16H12FN3O/c17-16-4-3-12(8-19)6-14(16)11-21-15-7-13(2-1-5-18)9-20-10-15/h3-4,6-7,9-10H,5,11,18H2. The molecule has 0 bridgehead atoms. The maximum absolute atomic E-state index is 13.6. The Balaban J connectivity index is 2.11. The highest BCUT2D eigenvalue weighted by molar-refractivity contribution is 5.37. The summed E-state index contributed by atoms with van der Waals surface area (Å²) >= 11 is 0. The van der Waals surface area contributed by atoms with E-state index in [0.29, 0.717) is 22.4 Å². The molecule has 0 amide bonds. The van der Waals surface area contributed by atoms with Gasteiger partial charge in [-0.1, -0.05) is 11.8 Å². The van der Waals surface area contributed by atoms with Crippen molar-refractivity contribution in [2.24, 2.45) is 5.73 Å². The predicted octanol–water partition coefficient (Wildman–Crippen LogP) is 1.98. The number of nitriles is 1. The largest absolute Gasteiger partial charge is 0.487 e. The highest BCUT2D eigenvalue weighted by atomic mass is 19.1. The summed E-state index contributed by atoms with van der Waals surface area (Å²) in [7, 11) is 0. The third-order valence-electron chi connectivity index (χ3n) is 2.62. The zero-order valence-electron chi connectivity index (χ0n) is 11.1. The number of nitrogens with two attached hydrogens (primary N) is 1. The molecule has 0 spiro atoms. The van der Waals surface area contributed by atoms with Crippen LogP contribution < -0.4 is 10.5 Å². The Kier molecular flexibility index (Phi) is 4.87. The number of hydrogen-bond donors (Lipinski definition) is 1. The monoisotopic (exact) mass is 281 g/mol. The number of ether oxygens (including phenoxy) is 1. The second kappa shape index (κ2) is 7.04. The molecule has 1 aromatic heterocycles. The highest BCUT2D eigenvalue weighted by Crippen LogP contribution is 2.15. The zero-order valence-corrected chi connectivity index (χ0v) is 11.1. The zero-order chi connectivity index (χ0) is 15.1. The molecule has 0 aliphatic heterocycles. The molecule has 0 aliphatic rings. The maximum Gasteiger partial charge on any atom is 0.139 e. The molecule has 0 saturated carbocycles. The van der Waals surface area contributed by atoms with Crippen LogP contribution in [0.15, 0.2) is 36.7 Å². The fourth-order valence-electron chi connectivity index (χ4n) is 1.64. The summed E-state index contributed by atoms with van der Waals surface area (Å²) in [6.45, 7) is 0.272. The molecule has 0 saturated heterocycles. The van der Waals surface area contributed by atoms with Crippen molar-refractivity contribution in [3.05, 3.63) is 59.2 Å². The molecule has 0 atom stereocenters. The van der Waals surface area contributed by atoms with Crippen LogP contribution in [0, 0.1) is 29.0 Å². The average molecular weight is 281 g/mol. The molecule has 2 rings (SSSR count). The van der Waals surface area contributed by atoms with Gasteiger partial charge in [-0.2, -0.15) is 5.26 Å². The van der Waals surface area contributed by atoms with E-state index in [1.165, 1.54) is 24.4 Å². The Bertz CT molecular complexity index is 741. The van der Waals surface area contributed by atoms with Crippen molar-refractivity contribution in [2.75, 3.05) is 6.54 Å². The van der Waals surface area contributed by atoms with E-state index in [2.05, 4.69) is 16.8 Å². The molecular weight excluding hydrogens is 269 g/mol. The van der Waals surface area contributed by atoms with Crippen LogP contribution in [-0.2, 0) is 6.61 Å². The fourth-order valence-corrected chi connectivity index (χ4v) is 1.64. The highest BCUT2D eigenvalue weighted by Gasteiger charge is 2.05. The molecular formula is C16H12FN3O. The summed E-state index contributed by atoms with van der Waals surface area (Å²) < 4.78 is 19.1. The molecule has 1 aromatic carbocycles. The lowest BCUT2D eigenvalue weighted by Gasteiger charge is -2.07. The van der Waals surface area contributed by atoms with Crippen LogP contribution in [0.3, 0.4) is 0 Å². The van der Waals surface area contributed by atoms with Gasteiger partial charge in [0, 0.05) is 17.3 Å². The van der Waals surface area contributed by atoms with Crippen LogP contribution in [-0.4, -0.2) is 11.5 Å². The number of rotatable bonds is 3. The lowest BCUT2D eigenvalue weighted by Crippen LogP contribution is -2.00. The molecule has 4 nitrogen and oxygen atoms in total. The Hall–Kier alpha value is -2.89. The minimum absolute atomic E-state index is 0.0107. The number of aromatic nitrogens is 1. The number of pyridine rings is 1. The van der Waals surface area contributed by atoms with Crippen LogP contribution in [0.25, 0.3) is 0 Å². The van der Waals surface area contributed by atoms with E-state index in [-0.39, 0.29) is 13.2 Å². The van der Waals surface area contributed by atoms with E-state index >= 15 is 0 Å². The summed E-state index contributed by atoms with van der Waals surface area (Å²) in [5.74, 6) is 5.61. The van der Waals surface area contributed by atoms with Crippen molar-refractivity contribution in [1.82, 2.24) is 4.98 Å². The van der Waals surface area contributed by atoms with Gasteiger partial charge < -0.3 is 10.5 Å². The summed E-state index contributed by atoms with van der Waals surface area (Å²) in [5.41, 5.74) is 6.67. The average Bonchev–Trinajstić information content (AvgIpc) is 2.52. The van der Waals surface area contributed by atoms with E-state index < -0.39 is 5.82 Å². The first-order valence-electron chi connectivity index (χ1n) is 6.18. The fraction of sp³-hybridized carbons (Fsp3) is 0.125. The first-order valence-corrected chi connectivity index (χ1v) is 6.18. The number of hydrogen-bond acceptors (Lipinski definition) is 4. The van der Waals surface area contributed by atoms with Crippen LogP contribution >= 0.6 is 0 Å². The van der Waals surface area contributed by atoms with Gasteiger partial charge in [-0.05, 0) is 24.3 Å².